The molecule has 0 aromatic heterocycles. The number of anilines is 1. The van der Waals surface area contributed by atoms with Crippen LogP contribution in [0.5, 0.6) is 11.5 Å². The number of benzene rings is 2. The highest BCUT2D eigenvalue weighted by Gasteiger charge is 2.25. The Kier molecular flexibility index (Phi) is 7.47. The van der Waals surface area contributed by atoms with E-state index in [1.54, 1.807) is 31.4 Å². The molecule has 34 heavy (non-hydrogen) atoms. The summed E-state index contributed by atoms with van der Waals surface area (Å²) in [4.78, 5) is 17.8. The lowest BCUT2D eigenvalue weighted by molar-refractivity contribution is 0.104. The molecule has 1 fully saturated rings. The van der Waals surface area contributed by atoms with Gasteiger partial charge in [-0.25, -0.2) is 0 Å². The average Bonchev–Trinajstić information content (AvgIpc) is 2.76. The Morgan fingerprint density at radius 3 is 2.18 bits per heavy atom. The molecule has 184 valence electrons. The van der Waals surface area contributed by atoms with Gasteiger partial charge in [0.25, 0.3) is 0 Å². The fraction of sp³-hybridized carbons (Fsp3) is 0.483. The topological polar surface area (TPSA) is 53.0 Å². The monoisotopic (exact) mass is 464 g/mol. The van der Waals surface area contributed by atoms with Crippen LogP contribution in [0.2, 0.25) is 0 Å². The van der Waals surface area contributed by atoms with Crippen LogP contribution in [-0.4, -0.2) is 56.1 Å². The van der Waals surface area contributed by atoms with Gasteiger partial charge in [0.1, 0.15) is 11.5 Å². The summed E-state index contributed by atoms with van der Waals surface area (Å²) in [5.74, 6) is 0.882. The van der Waals surface area contributed by atoms with E-state index in [2.05, 4.69) is 70.5 Å². The number of ether oxygens (including phenoxy) is 1. The van der Waals surface area contributed by atoms with Crippen LogP contribution in [0.3, 0.4) is 0 Å². The van der Waals surface area contributed by atoms with Crippen LogP contribution in [0.15, 0.2) is 36.4 Å². The van der Waals surface area contributed by atoms with E-state index >= 15 is 0 Å². The number of phenolic OH excluding ortho intramolecular Hbond substituents is 1. The molecular weight excluding hydrogens is 424 g/mol. The first-order chi connectivity index (χ1) is 15.8. The molecule has 5 nitrogen and oxygen atoms in total. The van der Waals surface area contributed by atoms with E-state index in [-0.39, 0.29) is 22.4 Å². The quantitative estimate of drug-likeness (QED) is 0.458. The number of phenols is 1. The molecule has 0 radical (unpaired) electrons. The summed E-state index contributed by atoms with van der Waals surface area (Å²) in [7, 11) is 3.78. The molecule has 1 aliphatic rings. The Balaban J connectivity index is 2.02. The number of carbonyl (C=O) groups excluding carboxylic acids is 1. The van der Waals surface area contributed by atoms with E-state index in [9.17, 15) is 9.90 Å². The number of nitrogens with zero attached hydrogens (tertiary/aromatic N) is 2. The maximum atomic E-state index is 13.4. The zero-order valence-corrected chi connectivity index (χ0v) is 22.0. The second-order valence-electron chi connectivity index (χ2n) is 11.3. The van der Waals surface area contributed by atoms with Gasteiger partial charge in [-0.15, -0.1) is 0 Å². The van der Waals surface area contributed by atoms with Crippen LogP contribution < -0.4 is 9.64 Å². The zero-order chi connectivity index (χ0) is 25.3. The molecule has 1 saturated heterocycles. The number of hydrogen-bond acceptors (Lipinski definition) is 5. The number of rotatable bonds is 5. The van der Waals surface area contributed by atoms with Gasteiger partial charge in [0.2, 0.25) is 0 Å². The van der Waals surface area contributed by atoms with Gasteiger partial charge < -0.3 is 19.6 Å². The first-order valence-electron chi connectivity index (χ1n) is 12.0. The molecule has 2 aromatic rings. The second-order valence-corrected chi connectivity index (χ2v) is 11.3. The Hall–Kier alpha value is -2.79. The Morgan fingerprint density at radius 2 is 1.62 bits per heavy atom. The van der Waals surface area contributed by atoms with Crippen molar-refractivity contribution in [1.29, 1.82) is 0 Å². The molecule has 1 heterocycles. The van der Waals surface area contributed by atoms with Gasteiger partial charge in [-0.1, -0.05) is 47.6 Å². The third-order valence-electron chi connectivity index (χ3n) is 6.50. The van der Waals surface area contributed by atoms with E-state index in [1.807, 2.05) is 6.08 Å². The second kappa shape index (κ2) is 9.83. The molecule has 0 atom stereocenters. The van der Waals surface area contributed by atoms with E-state index in [1.165, 1.54) is 5.56 Å². The number of ketones is 1. The molecule has 0 amide bonds. The molecule has 5 heteroatoms. The van der Waals surface area contributed by atoms with Crippen LogP contribution in [0.4, 0.5) is 5.69 Å². The number of aromatic hydroxyl groups is 1. The van der Waals surface area contributed by atoms with Crippen molar-refractivity contribution >= 4 is 17.5 Å². The predicted molar refractivity (Wildman–Crippen MR) is 142 cm³/mol. The van der Waals surface area contributed by atoms with Crippen LogP contribution in [-0.2, 0) is 10.8 Å². The lowest BCUT2D eigenvalue weighted by atomic mass is 9.79. The first-order valence-corrected chi connectivity index (χ1v) is 12.0. The minimum Gasteiger partial charge on any atom is -0.508 e. The zero-order valence-electron chi connectivity index (χ0n) is 22.0. The Labute approximate surface area is 205 Å². The van der Waals surface area contributed by atoms with Crippen molar-refractivity contribution in [2.24, 2.45) is 0 Å². The number of methoxy groups -OCH3 is 1. The van der Waals surface area contributed by atoms with Crippen molar-refractivity contribution in [2.45, 2.75) is 52.4 Å². The maximum Gasteiger partial charge on any atom is 0.187 e. The fourth-order valence-electron chi connectivity index (χ4n) is 4.29. The van der Waals surface area contributed by atoms with Crippen LogP contribution in [0.1, 0.15) is 68.6 Å². The molecule has 0 saturated carbocycles. The number of likely N-dealkylation sites (N-methyl/N-ethyl adjacent to an activating group) is 1. The first kappa shape index (κ1) is 25.8. The summed E-state index contributed by atoms with van der Waals surface area (Å²) in [6.07, 6.45) is 3.49. The van der Waals surface area contributed by atoms with E-state index in [4.69, 9.17) is 4.74 Å². The van der Waals surface area contributed by atoms with Crippen molar-refractivity contribution in [1.82, 2.24) is 4.90 Å². The third kappa shape index (κ3) is 5.82. The highest BCUT2D eigenvalue weighted by atomic mass is 16.5. The predicted octanol–water partition coefficient (Wildman–Crippen LogP) is 5.64. The normalized spacial score (nSPS) is 15.7. The van der Waals surface area contributed by atoms with Crippen molar-refractivity contribution < 1.29 is 14.6 Å². The standard InChI is InChI=1S/C29H40N2O3/c1-28(2,3)21-17-20(27(34-8)24(18-21)29(4,5)6)9-12-26(33)23-11-10-22(32)19-25(23)31-15-13-30(7)14-16-31/h9-12,17-19,32H,13-16H2,1-8H3/b12-9+. The summed E-state index contributed by atoms with van der Waals surface area (Å²) in [6, 6.07) is 9.35. The van der Waals surface area contributed by atoms with Gasteiger partial charge in [-0.3, -0.25) is 4.79 Å². The lowest BCUT2D eigenvalue weighted by Gasteiger charge is -2.35. The molecule has 2 aromatic carbocycles. The number of piperazine rings is 1. The Bertz CT molecular complexity index is 1070. The maximum absolute atomic E-state index is 13.4. The van der Waals surface area contributed by atoms with E-state index < -0.39 is 0 Å². The van der Waals surface area contributed by atoms with Crippen molar-refractivity contribution in [3.05, 3.63) is 58.7 Å². The minimum atomic E-state index is -0.106. The lowest BCUT2D eigenvalue weighted by Crippen LogP contribution is -2.44. The largest absolute Gasteiger partial charge is 0.508 e. The van der Waals surface area contributed by atoms with Gasteiger partial charge in [-0.2, -0.15) is 0 Å². The van der Waals surface area contributed by atoms with Gasteiger partial charge >= 0.3 is 0 Å². The number of hydrogen-bond donors (Lipinski definition) is 1. The minimum absolute atomic E-state index is 0.0373. The van der Waals surface area contributed by atoms with Gasteiger partial charge in [0.15, 0.2) is 5.78 Å². The van der Waals surface area contributed by atoms with Crippen LogP contribution >= 0.6 is 0 Å². The summed E-state index contributed by atoms with van der Waals surface area (Å²) in [5, 5.41) is 10.1. The molecule has 0 unspecified atom stereocenters. The number of allylic oxidation sites excluding steroid dienone is 1. The molecule has 1 N–H and O–H groups in total. The van der Waals surface area contributed by atoms with Gasteiger partial charge in [0.05, 0.1) is 12.8 Å². The summed E-state index contributed by atoms with van der Waals surface area (Å²) < 4.78 is 5.84. The summed E-state index contributed by atoms with van der Waals surface area (Å²) >= 11 is 0. The van der Waals surface area contributed by atoms with Gasteiger partial charge in [-0.05, 0) is 53.8 Å². The molecule has 0 bridgehead atoms. The van der Waals surface area contributed by atoms with Crippen molar-refractivity contribution in [2.75, 3.05) is 45.2 Å². The molecular formula is C29H40N2O3. The summed E-state index contributed by atoms with van der Waals surface area (Å²) in [6.45, 7) is 16.6. The SMILES string of the molecule is COc1c(/C=C/C(=O)c2ccc(O)cc2N2CCN(C)CC2)cc(C(C)(C)C)cc1C(C)(C)C. The average molecular weight is 465 g/mol. The van der Waals surface area contributed by atoms with Crippen LogP contribution in [0.25, 0.3) is 6.08 Å². The summed E-state index contributed by atoms with van der Waals surface area (Å²) in [5.41, 5.74) is 4.46. The molecule has 0 aliphatic carbocycles. The highest BCUT2D eigenvalue weighted by molar-refractivity contribution is 6.10. The van der Waals surface area contributed by atoms with E-state index in [0.717, 1.165) is 48.7 Å². The molecule has 1 aliphatic heterocycles. The molecule has 3 rings (SSSR count). The van der Waals surface area contributed by atoms with Gasteiger partial charge in [0, 0.05) is 48.9 Å². The molecule has 0 spiro atoms. The highest BCUT2D eigenvalue weighted by Crippen LogP contribution is 2.39. The Morgan fingerprint density at radius 1 is 0.971 bits per heavy atom. The van der Waals surface area contributed by atoms with E-state index in [0.29, 0.717) is 5.56 Å². The number of carbonyl (C=O) groups is 1. The third-order valence-corrected chi connectivity index (χ3v) is 6.50. The van der Waals surface area contributed by atoms with Crippen molar-refractivity contribution in [3.63, 3.8) is 0 Å². The van der Waals surface area contributed by atoms with Crippen molar-refractivity contribution in [3.8, 4) is 11.5 Å². The fourth-order valence-corrected chi connectivity index (χ4v) is 4.29. The van der Waals surface area contributed by atoms with Crippen LogP contribution in [0, 0.1) is 0 Å². The smallest absolute Gasteiger partial charge is 0.187 e.